The molecule has 23 heavy (non-hydrogen) atoms. The quantitative estimate of drug-likeness (QED) is 0.687. The first-order valence-electron chi connectivity index (χ1n) is 7.25. The highest BCUT2D eigenvalue weighted by Gasteiger charge is 2.38. The van der Waals surface area contributed by atoms with Crippen LogP contribution in [-0.2, 0) is 14.8 Å². The lowest BCUT2D eigenvalue weighted by Gasteiger charge is -2.17. The molecule has 0 spiro atoms. The fourth-order valence-corrected chi connectivity index (χ4v) is 4.52. The van der Waals surface area contributed by atoms with Gasteiger partial charge in [-0.05, 0) is 59.3 Å². The molecule has 1 saturated heterocycles. The van der Waals surface area contributed by atoms with E-state index in [1.54, 1.807) is 24.3 Å². The van der Waals surface area contributed by atoms with Crippen molar-refractivity contribution in [3.05, 3.63) is 63.2 Å². The van der Waals surface area contributed by atoms with Gasteiger partial charge in [0, 0.05) is 22.5 Å². The van der Waals surface area contributed by atoms with Crippen molar-refractivity contribution in [2.45, 2.75) is 24.2 Å². The minimum absolute atomic E-state index is 0.0836. The zero-order valence-corrected chi connectivity index (χ0v) is 15.5. The first-order chi connectivity index (χ1) is 10.9. The molecule has 0 saturated carbocycles. The van der Waals surface area contributed by atoms with Gasteiger partial charge in [-0.15, -0.1) is 0 Å². The van der Waals surface area contributed by atoms with Gasteiger partial charge in [0.15, 0.2) is 0 Å². The number of aryl methyl sites for hydroxylation is 1. The molecule has 120 valence electrons. The van der Waals surface area contributed by atoms with E-state index in [0.29, 0.717) is 0 Å². The number of carbonyl (C=O) groups excluding carboxylic acids is 1. The highest BCUT2D eigenvalue weighted by Crippen LogP contribution is 2.32. The van der Waals surface area contributed by atoms with E-state index in [-0.39, 0.29) is 29.7 Å². The Morgan fingerprint density at radius 3 is 2.26 bits per heavy atom. The fraction of sp³-hybridized carbons (Fsp3) is 0.235. The molecule has 1 aliphatic rings. The van der Waals surface area contributed by atoms with Crippen LogP contribution in [0.15, 0.2) is 53.4 Å². The number of sulfonamides is 1. The van der Waals surface area contributed by atoms with Crippen molar-refractivity contribution in [1.29, 1.82) is 0 Å². The van der Waals surface area contributed by atoms with Crippen molar-refractivity contribution in [1.82, 2.24) is 4.31 Å². The summed E-state index contributed by atoms with van der Waals surface area (Å²) in [4.78, 5) is 12.4. The van der Waals surface area contributed by atoms with E-state index in [1.165, 1.54) is 0 Å². The van der Waals surface area contributed by atoms with Gasteiger partial charge in [0.25, 0.3) is 10.0 Å². The van der Waals surface area contributed by atoms with Gasteiger partial charge in [0.2, 0.25) is 5.91 Å². The number of carbonyl (C=O) groups is 1. The maximum absolute atomic E-state index is 12.7. The molecule has 0 aliphatic carbocycles. The average Bonchev–Trinajstić information content (AvgIpc) is 2.91. The maximum atomic E-state index is 12.7. The molecule has 6 heteroatoms. The van der Waals surface area contributed by atoms with E-state index in [4.69, 9.17) is 0 Å². The number of benzene rings is 2. The number of amides is 1. The Labute approximate surface area is 149 Å². The van der Waals surface area contributed by atoms with Gasteiger partial charge < -0.3 is 0 Å². The number of hydrogen-bond donors (Lipinski definition) is 0. The zero-order valence-electron chi connectivity index (χ0n) is 12.6. The number of nitrogens with zero attached hydrogens (tertiary/aromatic N) is 1. The smallest absolute Gasteiger partial charge is 0.266 e. The predicted molar refractivity (Wildman–Crippen MR) is 96.6 cm³/mol. The van der Waals surface area contributed by atoms with Crippen LogP contribution in [0.1, 0.15) is 23.5 Å². The number of rotatable bonds is 3. The molecule has 0 aromatic heterocycles. The third kappa shape index (κ3) is 3.28. The van der Waals surface area contributed by atoms with Crippen LogP contribution in [0.3, 0.4) is 0 Å². The summed E-state index contributed by atoms with van der Waals surface area (Å²) in [6, 6.07) is 14.4. The van der Waals surface area contributed by atoms with Gasteiger partial charge in [-0.3, -0.25) is 4.79 Å². The van der Waals surface area contributed by atoms with Crippen molar-refractivity contribution in [3.63, 3.8) is 0 Å². The van der Waals surface area contributed by atoms with Crippen LogP contribution in [0.5, 0.6) is 0 Å². The normalized spacial score (nSPS) is 18.4. The molecule has 3 rings (SSSR count). The molecule has 1 atom stereocenters. The Kier molecular flexibility index (Phi) is 4.46. The third-order valence-electron chi connectivity index (χ3n) is 4.04. The summed E-state index contributed by atoms with van der Waals surface area (Å²) in [5, 5.41) is 0. The molecule has 4 nitrogen and oxygen atoms in total. The van der Waals surface area contributed by atoms with Crippen molar-refractivity contribution in [3.8, 4) is 0 Å². The van der Waals surface area contributed by atoms with Gasteiger partial charge in [0.1, 0.15) is 0 Å². The summed E-state index contributed by atoms with van der Waals surface area (Å²) in [5.41, 5.74) is 1.98. The molecular formula is C17H16INO3S. The van der Waals surface area contributed by atoms with Gasteiger partial charge in [-0.2, -0.15) is 0 Å². The minimum atomic E-state index is -3.77. The summed E-state index contributed by atoms with van der Waals surface area (Å²) < 4.78 is 27.5. The lowest BCUT2D eigenvalue weighted by Crippen LogP contribution is -2.32. The highest BCUT2D eigenvalue weighted by molar-refractivity contribution is 14.1. The number of halogens is 1. The van der Waals surface area contributed by atoms with Gasteiger partial charge >= 0.3 is 0 Å². The monoisotopic (exact) mass is 441 g/mol. The van der Waals surface area contributed by atoms with E-state index in [9.17, 15) is 13.2 Å². The minimum Gasteiger partial charge on any atom is -0.274 e. The van der Waals surface area contributed by atoms with Gasteiger partial charge in [0.05, 0.1) is 4.90 Å². The first-order valence-corrected chi connectivity index (χ1v) is 9.77. The Hall–Kier alpha value is -1.41. The van der Waals surface area contributed by atoms with Gasteiger partial charge in [-0.25, -0.2) is 12.7 Å². The lowest BCUT2D eigenvalue weighted by atomic mass is 9.99. The third-order valence-corrected chi connectivity index (χ3v) is 6.56. The Balaban J connectivity index is 1.87. The van der Waals surface area contributed by atoms with Crippen molar-refractivity contribution >= 4 is 38.5 Å². The van der Waals surface area contributed by atoms with Crippen molar-refractivity contribution < 1.29 is 13.2 Å². The molecule has 0 N–H and O–H groups in total. The van der Waals surface area contributed by atoms with Crippen LogP contribution < -0.4 is 0 Å². The average molecular weight is 441 g/mol. The highest BCUT2D eigenvalue weighted by atomic mass is 127. The summed E-state index contributed by atoms with van der Waals surface area (Å²) >= 11 is 2.22. The molecule has 1 amide bonds. The summed E-state index contributed by atoms with van der Waals surface area (Å²) in [6.45, 7) is 2.10. The van der Waals surface area contributed by atoms with Gasteiger partial charge in [-0.1, -0.05) is 29.8 Å². The molecule has 2 aromatic rings. The molecule has 1 heterocycles. The van der Waals surface area contributed by atoms with Crippen molar-refractivity contribution in [2.24, 2.45) is 0 Å². The van der Waals surface area contributed by atoms with E-state index in [1.807, 2.05) is 31.2 Å². The Morgan fingerprint density at radius 2 is 1.65 bits per heavy atom. The molecular weight excluding hydrogens is 425 g/mol. The Bertz CT molecular complexity index is 829. The van der Waals surface area contributed by atoms with E-state index in [0.717, 1.165) is 19.0 Å². The van der Waals surface area contributed by atoms with Crippen LogP contribution in [0.4, 0.5) is 0 Å². The van der Waals surface area contributed by atoms with Crippen molar-refractivity contribution in [2.75, 3.05) is 6.54 Å². The molecule has 1 fully saturated rings. The molecule has 2 aromatic carbocycles. The largest absolute Gasteiger partial charge is 0.274 e. The summed E-state index contributed by atoms with van der Waals surface area (Å²) in [5.74, 6) is -0.422. The second-order valence-corrected chi connectivity index (χ2v) is 8.80. The summed E-state index contributed by atoms with van der Waals surface area (Å²) in [6.07, 6.45) is 0.228. The lowest BCUT2D eigenvalue weighted by molar-refractivity contribution is -0.123. The van der Waals surface area contributed by atoms with E-state index in [2.05, 4.69) is 22.6 Å². The van der Waals surface area contributed by atoms with E-state index >= 15 is 0 Å². The van der Waals surface area contributed by atoms with Crippen LogP contribution in [0.25, 0.3) is 0 Å². The van der Waals surface area contributed by atoms with Crippen LogP contribution in [0, 0.1) is 10.5 Å². The maximum Gasteiger partial charge on any atom is 0.266 e. The Morgan fingerprint density at radius 1 is 1.04 bits per heavy atom. The van der Waals surface area contributed by atoms with Crippen LogP contribution in [-0.4, -0.2) is 25.2 Å². The topological polar surface area (TPSA) is 54.5 Å². The molecule has 1 aliphatic heterocycles. The SMILES string of the molecule is Cc1ccc(S(=O)(=O)N2C[C@@H](c3ccc(I)cc3)CC2=O)cc1. The van der Waals surface area contributed by atoms with E-state index < -0.39 is 10.0 Å². The molecule has 0 bridgehead atoms. The standard InChI is InChI=1S/C17H16INO3S/c1-12-2-8-16(9-3-12)23(21,22)19-11-14(10-17(19)20)13-4-6-15(18)7-5-13/h2-9,14H,10-11H2,1H3/t14-/m0/s1. The first kappa shape index (κ1) is 16.4. The predicted octanol–water partition coefficient (Wildman–Crippen LogP) is 3.30. The van der Waals surface area contributed by atoms with Crippen LogP contribution in [0.2, 0.25) is 0 Å². The second-order valence-electron chi connectivity index (χ2n) is 5.70. The molecule has 0 radical (unpaired) electrons. The summed E-state index contributed by atoms with van der Waals surface area (Å²) in [7, 11) is -3.77. The number of hydrogen-bond acceptors (Lipinski definition) is 3. The van der Waals surface area contributed by atoms with Crippen LogP contribution >= 0.6 is 22.6 Å². The fourth-order valence-electron chi connectivity index (χ4n) is 2.71. The second kappa shape index (κ2) is 6.24. The molecule has 0 unspecified atom stereocenters. The zero-order chi connectivity index (χ0) is 16.6.